The summed E-state index contributed by atoms with van der Waals surface area (Å²) in [6.45, 7) is 3.47. The summed E-state index contributed by atoms with van der Waals surface area (Å²) in [6, 6.07) is 12.4. The van der Waals surface area contributed by atoms with Crippen LogP contribution in [0.15, 0.2) is 48.5 Å². The topological polar surface area (TPSA) is 32.3 Å². The molecular weight excluding hydrogens is 418 g/mol. The fourth-order valence-corrected chi connectivity index (χ4v) is 6.17. The van der Waals surface area contributed by atoms with Crippen LogP contribution in [0, 0.1) is 23.0 Å². The minimum absolute atomic E-state index is 0.178. The number of hydrogen-bond acceptors (Lipinski definition) is 2. The van der Waals surface area contributed by atoms with E-state index in [1.54, 1.807) is 11.1 Å². The smallest absolute Gasteiger partial charge is 0.244 e. The Morgan fingerprint density at radius 3 is 2.36 bits per heavy atom. The Labute approximate surface area is 194 Å². The second-order valence-corrected chi connectivity index (χ2v) is 10.3. The van der Waals surface area contributed by atoms with Crippen LogP contribution in [-0.4, -0.2) is 36.5 Å². The number of halogens is 2. The Morgan fingerprint density at radius 1 is 1.03 bits per heavy atom. The number of benzene rings is 2. The van der Waals surface area contributed by atoms with Crippen LogP contribution in [0.2, 0.25) is 0 Å². The molecule has 1 spiro atoms. The molecule has 1 amide bonds. The van der Waals surface area contributed by atoms with Crippen LogP contribution in [0.1, 0.15) is 48.8 Å². The molecule has 0 unspecified atom stereocenters. The van der Waals surface area contributed by atoms with Crippen molar-refractivity contribution in [2.75, 3.05) is 19.6 Å². The molecule has 1 saturated heterocycles. The largest absolute Gasteiger partial charge is 0.350 e. The minimum atomic E-state index is -0.644. The van der Waals surface area contributed by atoms with Crippen molar-refractivity contribution in [1.29, 1.82) is 0 Å². The maximum atomic E-state index is 13.3. The molecule has 2 aromatic rings. The number of piperidine rings is 1. The van der Waals surface area contributed by atoms with Gasteiger partial charge in [-0.25, -0.2) is 8.78 Å². The van der Waals surface area contributed by atoms with E-state index in [0.717, 1.165) is 31.9 Å². The molecule has 1 heterocycles. The Balaban J connectivity index is 1.06. The standard InChI is InChI=1S/C28H32F2N2O/c29-24-13-20(14-25(30)16-24)6-8-27(33)31-26-7-5-21(15-26)19-32-11-9-28(10-12-32)17-22-3-1-2-4-23(22)18-28/h1-4,6,8,13-14,16,21,26H,5,7,9-12,15,17-19H2,(H,31,33)/b8-6+/t21-,26+/m1/s1. The molecule has 0 aromatic heterocycles. The second kappa shape index (κ2) is 9.38. The number of carbonyl (C=O) groups is 1. The molecule has 2 fully saturated rings. The Hall–Kier alpha value is -2.53. The first kappa shape index (κ1) is 22.3. The van der Waals surface area contributed by atoms with Crippen molar-refractivity contribution in [2.45, 2.75) is 51.0 Å². The molecule has 174 valence electrons. The molecule has 3 nitrogen and oxygen atoms in total. The zero-order valence-electron chi connectivity index (χ0n) is 19.0. The van der Waals surface area contributed by atoms with E-state index >= 15 is 0 Å². The van der Waals surface area contributed by atoms with Crippen molar-refractivity contribution in [3.05, 3.63) is 76.9 Å². The molecule has 2 atom stereocenters. The van der Waals surface area contributed by atoms with Crippen LogP contribution >= 0.6 is 0 Å². The quantitative estimate of drug-likeness (QED) is 0.640. The summed E-state index contributed by atoms with van der Waals surface area (Å²) >= 11 is 0. The van der Waals surface area contributed by atoms with Crippen molar-refractivity contribution in [3.63, 3.8) is 0 Å². The molecular formula is C28H32F2N2O. The third-order valence-electron chi connectivity index (χ3n) is 7.88. The van der Waals surface area contributed by atoms with E-state index in [-0.39, 0.29) is 11.9 Å². The molecule has 5 rings (SSSR count). The number of fused-ring (bicyclic) bond motifs is 1. The SMILES string of the molecule is O=C(/C=C/c1cc(F)cc(F)c1)N[C@H]1CC[C@@H](CN2CCC3(CC2)Cc2ccccc2C3)C1. The summed E-state index contributed by atoms with van der Waals surface area (Å²) < 4.78 is 26.6. The summed E-state index contributed by atoms with van der Waals surface area (Å²) in [5, 5.41) is 3.06. The lowest BCUT2D eigenvalue weighted by atomic mass is 9.76. The van der Waals surface area contributed by atoms with Gasteiger partial charge in [0.25, 0.3) is 0 Å². The van der Waals surface area contributed by atoms with Crippen molar-refractivity contribution < 1.29 is 13.6 Å². The molecule has 1 N–H and O–H groups in total. The fourth-order valence-electron chi connectivity index (χ4n) is 6.17. The first-order valence-corrected chi connectivity index (χ1v) is 12.2. The van der Waals surface area contributed by atoms with Gasteiger partial charge in [-0.15, -0.1) is 0 Å². The summed E-state index contributed by atoms with van der Waals surface area (Å²) in [7, 11) is 0. The molecule has 1 aliphatic heterocycles. The Morgan fingerprint density at radius 2 is 1.70 bits per heavy atom. The highest BCUT2D eigenvalue weighted by Crippen LogP contribution is 2.44. The van der Waals surface area contributed by atoms with Gasteiger partial charge < -0.3 is 10.2 Å². The van der Waals surface area contributed by atoms with Crippen LogP contribution in [-0.2, 0) is 17.6 Å². The van der Waals surface area contributed by atoms with E-state index in [2.05, 4.69) is 34.5 Å². The summed E-state index contributed by atoms with van der Waals surface area (Å²) in [5.41, 5.74) is 3.93. The van der Waals surface area contributed by atoms with E-state index in [9.17, 15) is 13.6 Å². The molecule has 3 aliphatic rings. The number of likely N-dealkylation sites (tertiary alicyclic amines) is 1. The fraction of sp³-hybridized carbons (Fsp3) is 0.464. The first-order valence-electron chi connectivity index (χ1n) is 12.2. The molecule has 1 saturated carbocycles. The van der Waals surface area contributed by atoms with Crippen LogP contribution in [0.25, 0.3) is 6.08 Å². The number of amides is 1. The maximum Gasteiger partial charge on any atom is 0.244 e. The average Bonchev–Trinajstić information content (AvgIpc) is 3.37. The highest BCUT2D eigenvalue weighted by molar-refractivity contribution is 5.91. The molecule has 0 radical (unpaired) electrons. The van der Waals surface area contributed by atoms with Gasteiger partial charge in [0.15, 0.2) is 0 Å². The van der Waals surface area contributed by atoms with Gasteiger partial charge in [-0.05, 0) is 104 Å². The third-order valence-corrected chi connectivity index (χ3v) is 7.88. The van der Waals surface area contributed by atoms with Crippen molar-refractivity contribution >= 4 is 12.0 Å². The van der Waals surface area contributed by atoms with Crippen LogP contribution in [0.4, 0.5) is 8.78 Å². The number of carbonyl (C=O) groups excluding carboxylic acids is 1. The van der Waals surface area contributed by atoms with Gasteiger partial charge in [0.05, 0.1) is 0 Å². The number of nitrogens with zero attached hydrogens (tertiary/aromatic N) is 1. The normalized spacial score (nSPS) is 24.4. The predicted octanol–water partition coefficient (Wildman–Crippen LogP) is 5.14. The molecule has 33 heavy (non-hydrogen) atoms. The Kier molecular flexibility index (Phi) is 6.33. The summed E-state index contributed by atoms with van der Waals surface area (Å²) in [6.07, 6.45) is 11.0. The van der Waals surface area contributed by atoms with E-state index in [0.29, 0.717) is 16.9 Å². The van der Waals surface area contributed by atoms with Gasteiger partial charge in [0, 0.05) is 24.7 Å². The van der Waals surface area contributed by atoms with E-state index in [1.807, 2.05) is 0 Å². The van der Waals surface area contributed by atoms with Gasteiger partial charge in [-0.1, -0.05) is 24.3 Å². The van der Waals surface area contributed by atoms with Gasteiger partial charge in [-0.3, -0.25) is 4.79 Å². The highest BCUT2D eigenvalue weighted by atomic mass is 19.1. The molecule has 2 aliphatic carbocycles. The molecule has 5 heteroatoms. The van der Waals surface area contributed by atoms with E-state index in [4.69, 9.17) is 0 Å². The minimum Gasteiger partial charge on any atom is -0.350 e. The summed E-state index contributed by atoms with van der Waals surface area (Å²) in [5.74, 6) is -0.873. The average molecular weight is 451 g/mol. The zero-order chi connectivity index (χ0) is 22.8. The van der Waals surface area contributed by atoms with E-state index < -0.39 is 11.6 Å². The molecule has 2 aromatic carbocycles. The summed E-state index contributed by atoms with van der Waals surface area (Å²) in [4.78, 5) is 14.9. The van der Waals surface area contributed by atoms with Crippen molar-refractivity contribution in [1.82, 2.24) is 10.2 Å². The highest BCUT2D eigenvalue weighted by Gasteiger charge is 2.40. The lowest BCUT2D eigenvalue weighted by molar-refractivity contribution is -0.117. The van der Waals surface area contributed by atoms with Gasteiger partial charge in [0.1, 0.15) is 11.6 Å². The Bertz CT molecular complexity index is 995. The van der Waals surface area contributed by atoms with Gasteiger partial charge in [-0.2, -0.15) is 0 Å². The first-order chi connectivity index (χ1) is 16.0. The third kappa shape index (κ3) is 5.35. The van der Waals surface area contributed by atoms with Crippen LogP contribution in [0.3, 0.4) is 0 Å². The monoisotopic (exact) mass is 450 g/mol. The number of rotatable bonds is 5. The number of nitrogens with one attached hydrogen (secondary N) is 1. The maximum absolute atomic E-state index is 13.3. The van der Waals surface area contributed by atoms with Crippen LogP contribution in [0.5, 0.6) is 0 Å². The lowest BCUT2D eigenvalue weighted by Gasteiger charge is -2.40. The van der Waals surface area contributed by atoms with Gasteiger partial charge in [0.2, 0.25) is 5.91 Å². The second-order valence-electron chi connectivity index (χ2n) is 10.3. The molecule has 0 bridgehead atoms. The van der Waals surface area contributed by atoms with Crippen LogP contribution < -0.4 is 5.32 Å². The van der Waals surface area contributed by atoms with Gasteiger partial charge >= 0.3 is 0 Å². The van der Waals surface area contributed by atoms with Crippen molar-refractivity contribution in [3.8, 4) is 0 Å². The van der Waals surface area contributed by atoms with E-state index in [1.165, 1.54) is 63.1 Å². The predicted molar refractivity (Wildman–Crippen MR) is 127 cm³/mol. The zero-order valence-corrected chi connectivity index (χ0v) is 19.0. The number of hydrogen-bond donors (Lipinski definition) is 1. The van der Waals surface area contributed by atoms with Crippen molar-refractivity contribution in [2.24, 2.45) is 11.3 Å². The lowest BCUT2D eigenvalue weighted by Crippen LogP contribution is -2.42.